The average Bonchev–Trinajstić information content (AvgIpc) is 2.32. The van der Waals surface area contributed by atoms with E-state index in [0.29, 0.717) is 0 Å². The number of aromatic hydroxyl groups is 1. The summed E-state index contributed by atoms with van der Waals surface area (Å²) in [6.07, 6.45) is 1.82. The molecule has 0 unspecified atom stereocenters. The van der Waals surface area contributed by atoms with Crippen molar-refractivity contribution in [3.05, 3.63) is 36.9 Å². The summed E-state index contributed by atoms with van der Waals surface area (Å²) in [6.45, 7) is 3.83. The quantitative estimate of drug-likeness (QED) is 0.586. The van der Waals surface area contributed by atoms with E-state index in [9.17, 15) is 0 Å². The Morgan fingerprint density at radius 2 is 2.18 bits per heavy atom. The Kier molecular flexibility index (Phi) is 1.15. The van der Waals surface area contributed by atoms with Crippen LogP contribution in [0.1, 0.15) is 5.56 Å². The zero-order valence-electron chi connectivity index (χ0n) is 5.96. The Morgan fingerprint density at radius 1 is 1.36 bits per heavy atom. The van der Waals surface area contributed by atoms with Crippen LogP contribution in [0.5, 0.6) is 5.75 Å². The summed E-state index contributed by atoms with van der Waals surface area (Å²) in [4.78, 5) is 3.01. The largest absolute Gasteiger partial charge is 0.508 e. The first-order valence-corrected chi connectivity index (χ1v) is 3.39. The van der Waals surface area contributed by atoms with Crippen molar-refractivity contribution in [3.8, 4) is 5.75 Å². The normalized spacial score (nSPS) is 10.6. The molecule has 2 nitrogen and oxygen atoms in total. The smallest absolute Gasteiger partial charge is 0.117 e. The molecule has 0 saturated carbocycles. The SMILES string of the molecule is [CH2]c1c[nH]c2cc(O)ccc12. The Hall–Kier alpha value is -1.44. The zero-order chi connectivity index (χ0) is 7.84. The number of nitrogens with one attached hydrogen (secondary N) is 1. The Labute approximate surface area is 64.5 Å². The van der Waals surface area contributed by atoms with E-state index in [0.717, 1.165) is 16.5 Å². The minimum atomic E-state index is 0.277. The van der Waals surface area contributed by atoms with Gasteiger partial charge in [0, 0.05) is 23.2 Å². The topological polar surface area (TPSA) is 36.0 Å². The molecule has 0 amide bonds. The molecule has 11 heavy (non-hydrogen) atoms. The van der Waals surface area contributed by atoms with Crippen molar-refractivity contribution in [1.82, 2.24) is 4.98 Å². The van der Waals surface area contributed by atoms with Crippen LogP contribution in [-0.4, -0.2) is 10.1 Å². The summed E-state index contributed by atoms with van der Waals surface area (Å²) in [6, 6.07) is 5.19. The molecule has 2 N–H and O–H groups in total. The molecule has 1 heterocycles. The van der Waals surface area contributed by atoms with Gasteiger partial charge < -0.3 is 10.1 Å². The van der Waals surface area contributed by atoms with Crippen LogP contribution in [0.3, 0.4) is 0 Å². The molecule has 1 aromatic carbocycles. The minimum Gasteiger partial charge on any atom is -0.508 e. The lowest BCUT2D eigenvalue weighted by Gasteiger charge is -1.91. The van der Waals surface area contributed by atoms with Crippen molar-refractivity contribution in [1.29, 1.82) is 0 Å². The third-order valence-electron chi connectivity index (χ3n) is 1.75. The van der Waals surface area contributed by atoms with Gasteiger partial charge in [0.05, 0.1) is 0 Å². The molecule has 0 spiro atoms. The van der Waals surface area contributed by atoms with Crippen molar-refractivity contribution >= 4 is 10.9 Å². The number of phenols is 1. The molecule has 0 fully saturated rings. The summed E-state index contributed by atoms with van der Waals surface area (Å²) in [5.74, 6) is 0.277. The molecule has 0 aliphatic carbocycles. The summed E-state index contributed by atoms with van der Waals surface area (Å²) >= 11 is 0. The van der Waals surface area contributed by atoms with Crippen LogP contribution in [0, 0.1) is 6.92 Å². The zero-order valence-corrected chi connectivity index (χ0v) is 5.96. The second-order valence-electron chi connectivity index (χ2n) is 2.54. The summed E-state index contributed by atoms with van der Waals surface area (Å²) < 4.78 is 0. The van der Waals surface area contributed by atoms with Gasteiger partial charge in [-0.05, 0) is 24.6 Å². The van der Waals surface area contributed by atoms with Crippen LogP contribution in [0.25, 0.3) is 10.9 Å². The van der Waals surface area contributed by atoms with E-state index in [4.69, 9.17) is 5.11 Å². The van der Waals surface area contributed by atoms with Crippen LogP contribution in [-0.2, 0) is 0 Å². The van der Waals surface area contributed by atoms with Crippen molar-refractivity contribution in [3.63, 3.8) is 0 Å². The van der Waals surface area contributed by atoms with Crippen molar-refractivity contribution < 1.29 is 5.11 Å². The number of H-pyrrole nitrogens is 1. The molecule has 2 aromatic rings. The molecule has 1 radical (unpaired) electrons. The number of hydrogen-bond donors (Lipinski definition) is 2. The Balaban J connectivity index is 2.86. The van der Waals surface area contributed by atoms with E-state index in [1.165, 1.54) is 0 Å². The first kappa shape index (κ1) is 6.28. The number of hydrogen-bond acceptors (Lipinski definition) is 1. The summed E-state index contributed by atoms with van der Waals surface area (Å²) in [5.41, 5.74) is 1.88. The predicted octanol–water partition coefficient (Wildman–Crippen LogP) is 2.06. The van der Waals surface area contributed by atoms with E-state index in [-0.39, 0.29) is 5.75 Å². The number of benzene rings is 1. The van der Waals surface area contributed by atoms with Gasteiger partial charge in [0.2, 0.25) is 0 Å². The van der Waals surface area contributed by atoms with Gasteiger partial charge in [-0.25, -0.2) is 0 Å². The fourth-order valence-electron chi connectivity index (χ4n) is 1.17. The average molecular weight is 146 g/mol. The van der Waals surface area contributed by atoms with Crippen molar-refractivity contribution in [2.45, 2.75) is 0 Å². The van der Waals surface area contributed by atoms with Gasteiger partial charge in [-0.15, -0.1) is 0 Å². The summed E-state index contributed by atoms with van der Waals surface area (Å²) in [5, 5.41) is 10.2. The lowest BCUT2D eigenvalue weighted by atomic mass is 10.2. The summed E-state index contributed by atoms with van der Waals surface area (Å²) in [7, 11) is 0. The Morgan fingerprint density at radius 3 is 3.00 bits per heavy atom. The maximum absolute atomic E-state index is 9.10. The van der Waals surface area contributed by atoms with E-state index in [1.54, 1.807) is 12.1 Å². The van der Waals surface area contributed by atoms with E-state index < -0.39 is 0 Å². The molecule has 1 aromatic heterocycles. The van der Waals surface area contributed by atoms with E-state index >= 15 is 0 Å². The fourth-order valence-corrected chi connectivity index (χ4v) is 1.17. The number of rotatable bonds is 0. The molecule has 0 aliphatic heterocycles. The first-order valence-electron chi connectivity index (χ1n) is 3.39. The van der Waals surface area contributed by atoms with Crippen molar-refractivity contribution in [2.75, 3.05) is 0 Å². The van der Waals surface area contributed by atoms with Crippen LogP contribution in [0.4, 0.5) is 0 Å². The van der Waals surface area contributed by atoms with Crippen molar-refractivity contribution in [2.24, 2.45) is 0 Å². The number of aromatic amines is 1. The van der Waals surface area contributed by atoms with Gasteiger partial charge >= 0.3 is 0 Å². The molecule has 0 atom stereocenters. The maximum atomic E-state index is 9.10. The van der Waals surface area contributed by atoms with Gasteiger partial charge in [-0.2, -0.15) is 0 Å². The van der Waals surface area contributed by atoms with Gasteiger partial charge in [0.1, 0.15) is 5.75 Å². The molecule has 0 aliphatic rings. The second-order valence-corrected chi connectivity index (χ2v) is 2.54. The molecular weight excluding hydrogens is 138 g/mol. The van der Waals surface area contributed by atoms with Gasteiger partial charge in [-0.3, -0.25) is 0 Å². The maximum Gasteiger partial charge on any atom is 0.117 e. The number of phenolic OH excluding ortho intramolecular Hbond substituents is 1. The van der Waals surface area contributed by atoms with Gasteiger partial charge in [-0.1, -0.05) is 0 Å². The highest BCUT2D eigenvalue weighted by Crippen LogP contribution is 2.21. The minimum absolute atomic E-state index is 0.277. The number of fused-ring (bicyclic) bond motifs is 1. The first-order chi connectivity index (χ1) is 5.27. The Bertz CT molecular complexity index is 389. The molecular formula is C9H8NO. The third-order valence-corrected chi connectivity index (χ3v) is 1.75. The monoisotopic (exact) mass is 146 g/mol. The van der Waals surface area contributed by atoms with Crippen LogP contribution >= 0.6 is 0 Å². The molecule has 55 valence electrons. The van der Waals surface area contributed by atoms with Crippen LogP contribution < -0.4 is 0 Å². The lowest BCUT2D eigenvalue weighted by molar-refractivity contribution is 0.476. The molecule has 2 heteroatoms. The lowest BCUT2D eigenvalue weighted by Crippen LogP contribution is -1.68. The van der Waals surface area contributed by atoms with Crippen LogP contribution in [0.2, 0.25) is 0 Å². The van der Waals surface area contributed by atoms with Gasteiger partial charge in [0.15, 0.2) is 0 Å². The van der Waals surface area contributed by atoms with Gasteiger partial charge in [0.25, 0.3) is 0 Å². The predicted molar refractivity (Wildman–Crippen MR) is 44.4 cm³/mol. The van der Waals surface area contributed by atoms with Crippen LogP contribution in [0.15, 0.2) is 24.4 Å². The number of aromatic nitrogens is 1. The molecule has 0 saturated heterocycles. The second kappa shape index (κ2) is 2.02. The molecule has 2 rings (SSSR count). The highest BCUT2D eigenvalue weighted by molar-refractivity contribution is 5.84. The third kappa shape index (κ3) is 0.871. The fraction of sp³-hybridized carbons (Fsp3) is 0. The highest BCUT2D eigenvalue weighted by Gasteiger charge is 1.98. The molecule has 0 bridgehead atoms. The highest BCUT2D eigenvalue weighted by atomic mass is 16.3. The van der Waals surface area contributed by atoms with E-state index in [1.807, 2.05) is 12.3 Å². The van der Waals surface area contributed by atoms with E-state index in [2.05, 4.69) is 11.9 Å². The standard InChI is InChI=1S/C9H8NO/c1-6-5-10-9-4-7(11)2-3-8(6)9/h2-5,10-11H,1H2.